The first kappa shape index (κ1) is 15.8. The van der Waals surface area contributed by atoms with Gasteiger partial charge in [0.15, 0.2) is 0 Å². The molecule has 0 bridgehead atoms. The van der Waals surface area contributed by atoms with Gasteiger partial charge in [-0.05, 0) is 30.2 Å². The second-order valence-corrected chi connectivity index (χ2v) is 5.90. The van der Waals surface area contributed by atoms with E-state index in [0.29, 0.717) is 17.0 Å². The zero-order valence-electron chi connectivity index (χ0n) is 12.6. The topological polar surface area (TPSA) is 62.7 Å². The van der Waals surface area contributed by atoms with Gasteiger partial charge >= 0.3 is 0 Å². The highest BCUT2D eigenvalue weighted by Crippen LogP contribution is 2.35. The van der Waals surface area contributed by atoms with Gasteiger partial charge in [-0.1, -0.05) is 23.7 Å². The van der Waals surface area contributed by atoms with Crippen LogP contribution in [0.5, 0.6) is 5.75 Å². The summed E-state index contributed by atoms with van der Waals surface area (Å²) in [5.41, 5.74) is 1.32. The molecule has 1 N–H and O–H groups in total. The molecule has 1 aromatic heterocycles. The Morgan fingerprint density at radius 2 is 2.26 bits per heavy atom. The minimum Gasteiger partial charge on any atom is -0.497 e. The Morgan fingerprint density at radius 1 is 1.43 bits per heavy atom. The smallest absolute Gasteiger partial charge is 0.256 e. The third-order valence-electron chi connectivity index (χ3n) is 4.02. The number of halogens is 1. The third kappa shape index (κ3) is 3.16. The number of likely N-dealkylation sites (tertiary alicyclic amines) is 1. The fraction of sp³-hybridized carbons (Fsp3) is 0.294. The number of nitrogens with zero attached hydrogens (tertiary/aromatic N) is 2. The molecule has 3 rings (SSSR count). The van der Waals surface area contributed by atoms with E-state index in [4.69, 9.17) is 16.3 Å². The van der Waals surface area contributed by atoms with Crippen LogP contribution in [-0.4, -0.2) is 40.7 Å². The molecular weight excluding hydrogens is 316 g/mol. The van der Waals surface area contributed by atoms with Crippen LogP contribution in [0.3, 0.4) is 0 Å². The molecule has 0 spiro atoms. The Kier molecular flexibility index (Phi) is 4.50. The number of carbonyl (C=O) groups excluding carboxylic acids is 1. The SMILES string of the molecule is COc1cccc(C2CC(O)CN2C(=O)c2ccncc2Cl)c1. The highest BCUT2D eigenvalue weighted by atomic mass is 35.5. The van der Waals surface area contributed by atoms with Gasteiger partial charge in [0.1, 0.15) is 5.75 Å². The molecule has 1 aliphatic heterocycles. The Balaban J connectivity index is 1.93. The summed E-state index contributed by atoms with van der Waals surface area (Å²) >= 11 is 6.08. The number of aromatic nitrogens is 1. The molecule has 1 aromatic carbocycles. The highest BCUT2D eigenvalue weighted by Gasteiger charge is 2.36. The fourth-order valence-electron chi connectivity index (χ4n) is 2.91. The average molecular weight is 333 g/mol. The number of aliphatic hydroxyl groups excluding tert-OH is 1. The number of methoxy groups -OCH3 is 1. The van der Waals surface area contributed by atoms with Gasteiger partial charge in [0.05, 0.1) is 29.8 Å². The van der Waals surface area contributed by atoms with E-state index in [9.17, 15) is 9.90 Å². The summed E-state index contributed by atoms with van der Waals surface area (Å²) in [6.45, 7) is 0.277. The van der Waals surface area contributed by atoms with Crippen molar-refractivity contribution in [2.45, 2.75) is 18.6 Å². The van der Waals surface area contributed by atoms with Crippen molar-refractivity contribution in [3.05, 3.63) is 58.9 Å². The predicted octanol–water partition coefficient (Wildman–Crippen LogP) is 2.69. The number of rotatable bonds is 3. The maximum absolute atomic E-state index is 12.8. The molecule has 2 atom stereocenters. The summed E-state index contributed by atoms with van der Waals surface area (Å²) in [4.78, 5) is 18.4. The van der Waals surface area contributed by atoms with Gasteiger partial charge in [-0.25, -0.2) is 0 Å². The minimum atomic E-state index is -0.559. The number of amides is 1. The summed E-state index contributed by atoms with van der Waals surface area (Å²) in [6.07, 6.45) is 2.91. The standard InChI is InChI=1S/C17H17ClN2O3/c1-23-13-4-2-3-11(7-13)16-8-12(21)10-20(16)17(22)14-5-6-19-9-15(14)18/h2-7,9,12,16,21H,8,10H2,1H3. The number of ether oxygens (including phenoxy) is 1. The summed E-state index contributed by atoms with van der Waals surface area (Å²) < 4.78 is 5.25. The number of aliphatic hydroxyl groups is 1. The zero-order chi connectivity index (χ0) is 16.4. The third-order valence-corrected chi connectivity index (χ3v) is 4.32. The van der Waals surface area contributed by atoms with E-state index < -0.39 is 6.10 Å². The van der Waals surface area contributed by atoms with Gasteiger partial charge in [0.2, 0.25) is 0 Å². The Bertz CT molecular complexity index is 722. The first-order chi connectivity index (χ1) is 11.1. The van der Waals surface area contributed by atoms with Crippen LogP contribution in [-0.2, 0) is 0 Å². The Morgan fingerprint density at radius 3 is 3.00 bits per heavy atom. The van der Waals surface area contributed by atoms with Crippen molar-refractivity contribution in [1.29, 1.82) is 0 Å². The lowest BCUT2D eigenvalue weighted by Gasteiger charge is -2.25. The molecule has 23 heavy (non-hydrogen) atoms. The maximum Gasteiger partial charge on any atom is 0.256 e. The van der Waals surface area contributed by atoms with Crippen molar-refractivity contribution in [3.63, 3.8) is 0 Å². The van der Waals surface area contributed by atoms with Gasteiger partial charge in [0.25, 0.3) is 5.91 Å². The van der Waals surface area contributed by atoms with E-state index in [1.165, 1.54) is 12.4 Å². The van der Waals surface area contributed by atoms with Crippen molar-refractivity contribution < 1.29 is 14.6 Å². The second kappa shape index (κ2) is 6.56. The summed E-state index contributed by atoms with van der Waals surface area (Å²) in [6, 6.07) is 8.92. The summed E-state index contributed by atoms with van der Waals surface area (Å²) in [5.74, 6) is 0.514. The summed E-state index contributed by atoms with van der Waals surface area (Å²) in [7, 11) is 1.60. The lowest BCUT2D eigenvalue weighted by atomic mass is 10.0. The molecule has 5 nitrogen and oxygen atoms in total. The molecule has 2 unspecified atom stereocenters. The van der Waals surface area contributed by atoms with E-state index in [1.54, 1.807) is 18.1 Å². The molecule has 120 valence electrons. The van der Waals surface area contributed by atoms with E-state index in [1.807, 2.05) is 24.3 Å². The van der Waals surface area contributed by atoms with Gasteiger partial charge < -0.3 is 14.7 Å². The van der Waals surface area contributed by atoms with Crippen LogP contribution in [0, 0.1) is 0 Å². The number of benzene rings is 1. The number of hydrogen-bond donors (Lipinski definition) is 1. The highest BCUT2D eigenvalue weighted by molar-refractivity contribution is 6.33. The number of hydrogen-bond acceptors (Lipinski definition) is 4. The van der Waals surface area contributed by atoms with Crippen LogP contribution in [0.25, 0.3) is 0 Å². The second-order valence-electron chi connectivity index (χ2n) is 5.49. The van der Waals surface area contributed by atoms with Crippen molar-refractivity contribution in [2.24, 2.45) is 0 Å². The van der Waals surface area contributed by atoms with Crippen molar-refractivity contribution in [1.82, 2.24) is 9.88 Å². The van der Waals surface area contributed by atoms with Crippen LogP contribution < -0.4 is 4.74 Å². The number of β-amino-alcohol motifs (C(OH)–C–C–N with tert-alkyl or cyclic N) is 1. The molecular formula is C17H17ClN2O3. The van der Waals surface area contributed by atoms with E-state index in [0.717, 1.165) is 11.3 Å². The van der Waals surface area contributed by atoms with Gasteiger partial charge in [0, 0.05) is 18.9 Å². The quantitative estimate of drug-likeness (QED) is 0.938. The molecule has 1 aliphatic rings. The molecule has 2 aromatic rings. The lowest BCUT2D eigenvalue weighted by molar-refractivity contribution is 0.0715. The Hall–Kier alpha value is -2.11. The van der Waals surface area contributed by atoms with Crippen LogP contribution >= 0.6 is 11.6 Å². The molecule has 6 heteroatoms. The molecule has 0 saturated carbocycles. The van der Waals surface area contributed by atoms with Crippen LogP contribution in [0.1, 0.15) is 28.4 Å². The van der Waals surface area contributed by atoms with E-state index in [-0.39, 0.29) is 18.5 Å². The first-order valence-corrected chi connectivity index (χ1v) is 7.70. The van der Waals surface area contributed by atoms with E-state index in [2.05, 4.69) is 4.98 Å². The van der Waals surface area contributed by atoms with Crippen LogP contribution in [0.2, 0.25) is 5.02 Å². The molecule has 1 amide bonds. The minimum absolute atomic E-state index is 0.207. The van der Waals surface area contributed by atoms with Gasteiger partial charge in [-0.3, -0.25) is 9.78 Å². The maximum atomic E-state index is 12.8. The average Bonchev–Trinajstić information content (AvgIpc) is 2.96. The fourth-order valence-corrected chi connectivity index (χ4v) is 3.11. The molecule has 1 fully saturated rings. The largest absolute Gasteiger partial charge is 0.497 e. The molecule has 2 heterocycles. The van der Waals surface area contributed by atoms with Crippen LogP contribution in [0.4, 0.5) is 0 Å². The van der Waals surface area contributed by atoms with Crippen molar-refractivity contribution >= 4 is 17.5 Å². The lowest BCUT2D eigenvalue weighted by Crippen LogP contribution is -2.32. The van der Waals surface area contributed by atoms with Crippen molar-refractivity contribution in [2.75, 3.05) is 13.7 Å². The van der Waals surface area contributed by atoms with Gasteiger partial charge in [-0.15, -0.1) is 0 Å². The molecule has 0 aliphatic carbocycles. The Labute approximate surface area is 139 Å². The number of pyridine rings is 1. The molecule has 1 saturated heterocycles. The first-order valence-electron chi connectivity index (χ1n) is 7.32. The summed E-state index contributed by atoms with van der Waals surface area (Å²) in [5, 5.41) is 10.4. The predicted molar refractivity (Wildman–Crippen MR) is 86.6 cm³/mol. The monoisotopic (exact) mass is 332 g/mol. The van der Waals surface area contributed by atoms with Gasteiger partial charge in [-0.2, -0.15) is 0 Å². The van der Waals surface area contributed by atoms with Crippen molar-refractivity contribution in [3.8, 4) is 5.75 Å². The zero-order valence-corrected chi connectivity index (χ0v) is 13.4. The number of carbonyl (C=O) groups is 1. The normalized spacial score (nSPS) is 20.6. The molecule has 0 radical (unpaired) electrons. The van der Waals surface area contributed by atoms with Crippen LogP contribution in [0.15, 0.2) is 42.7 Å². The van der Waals surface area contributed by atoms with E-state index >= 15 is 0 Å².